The van der Waals surface area contributed by atoms with Gasteiger partial charge in [0.1, 0.15) is 0 Å². The molecule has 0 N–H and O–H groups in total. The second-order valence-electron chi connectivity index (χ2n) is 9.40. The molecule has 0 spiro atoms. The third kappa shape index (κ3) is 3.97. The maximum Gasteiger partial charge on any atom is 0.257 e. The lowest BCUT2D eigenvalue weighted by atomic mass is 9.73. The monoisotopic (exact) mass is 412 g/mol. The number of hydroxylamine groups is 2. The van der Waals surface area contributed by atoms with Crippen LogP contribution in [-0.4, -0.2) is 45.5 Å². The lowest BCUT2D eigenvalue weighted by Gasteiger charge is -2.57. The van der Waals surface area contributed by atoms with E-state index in [1.807, 2.05) is 6.07 Å². The van der Waals surface area contributed by atoms with Crippen molar-refractivity contribution in [1.82, 2.24) is 9.96 Å². The van der Waals surface area contributed by atoms with Crippen LogP contribution in [0.15, 0.2) is 41.5 Å². The molecule has 0 aromatic heterocycles. The topological polar surface area (TPSA) is 49.9 Å². The van der Waals surface area contributed by atoms with Crippen molar-refractivity contribution in [2.75, 3.05) is 6.61 Å². The van der Waals surface area contributed by atoms with Crippen molar-refractivity contribution in [2.24, 2.45) is 0 Å². The van der Waals surface area contributed by atoms with Crippen LogP contribution in [0, 0.1) is 0 Å². The molecule has 0 aliphatic carbocycles. The standard InChI is InChI=1S/C25H36N2O3/c1-7-25(8-2)17-21(26-22(28)18(3)19(4)23(26)29)16-24(5,6)27(25)30-15-14-20-12-10-9-11-13-20/h9-13,21H,7-8,14-17H2,1-6H3. The molecule has 164 valence electrons. The molecule has 1 saturated heterocycles. The van der Waals surface area contributed by atoms with Gasteiger partial charge in [-0.1, -0.05) is 44.2 Å². The van der Waals surface area contributed by atoms with Crippen molar-refractivity contribution >= 4 is 11.8 Å². The van der Waals surface area contributed by atoms with Crippen LogP contribution in [0.5, 0.6) is 0 Å². The lowest BCUT2D eigenvalue weighted by Crippen LogP contribution is -2.66. The average molecular weight is 413 g/mol. The Morgan fingerprint density at radius 3 is 2.07 bits per heavy atom. The third-order valence-corrected chi connectivity index (χ3v) is 7.11. The maximum atomic E-state index is 12.8. The van der Waals surface area contributed by atoms with Gasteiger partial charge in [-0.25, -0.2) is 0 Å². The van der Waals surface area contributed by atoms with Gasteiger partial charge in [0.2, 0.25) is 0 Å². The molecule has 1 aromatic rings. The number of carbonyl (C=O) groups is 2. The van der Waals surface area contributed by atoms with Gasteiger partial charge in [0, 0.05) is 28.3 Å². The van der Waals surface area contributed by atoms with E-state index in [0.717, 1.165) is 25.7 Å². The molecule has 1 atom stereocenters. The zero-order valence-corrected chi connectivity index (χ0v) is 19.3. The maximum absolute atomic E-state index is 12.8. The smallest absolute Gasteiger partial charge is 0.257 e. The molecule has 1 fully saturated rings. The van der Waals surface area contributed by atoms with Gasteiger partial charge in [0.25, 0.3) is 11.8 Å². The summed E-state index contributed by atoms with van der Waals surface area (Å²) in [4.78, 5) is 33.6. The van der Waals surface area contributed by atoms with Gasteiger partial charge in [-0.05, 0) is 65.4 Å². The molecular weight excluding hydrogens is 376 g/mol. The number of amides is 2. The molecule has 2 aliphatic heterocycles. The molecule has 5 heteroatoms. The molecule has 0 bridgehead atoms. The first-order chi connectivity index (χ1) is 14.2. The van der Waals surface area contributed by atoms with Crippen LogP contribution in [0.4, 0.5) is 0 Å². The van der Waals surface area contributed by atoms with Crippen molar-refractivity contribution in [3.63, 3.8) is 0 Å². The van der Waals surface area contributed by atoms with Gasteiger partial charge in [0.05, 0.1) is 6.61 Å². The number of hydrogen-bond donors (Lipinski definition) is 0. The van der Waals surface area contributed by atoms with Crippen LogP contribution in [0.1, 0.15) is 72.8 Å². The van der Waals surface area contributed by atoms with E-state index in [1.165, 1.54) is 10.5 Å². The molecule has 1 unspecified atom stereocenters. The Morgan fingerprint density at radius 2 is 1.53 bits per heavy atom. The molecule has 30 heavy (non-hydrogen) atoms. The van der Waals surface area contributed by atoms with Crippen molar-refractivity contribution < 1.29 is 14.4 Å². The first kappa shape index (κ1) is 22.7. The average Bonchev–Trinajstić information content (AvgIpc) is 2.92. The van der Waals surface area contributed by atoms with Crippen LogP contribution in [0.3, 0.4) is 0 Å². The van der Waals surface area contributed by atoms with E-state index >= 15 is 0 Å². The zero-order chi connectivity index (χ0) is 22.1. The number of rotatable bonds is 7. The van der Waals surface area contributed by atoms with Gasteiger partial charge in [-0.15, -0.1) is 0 Å². The molecule has 2 amide bonds. The van der Waals surface area contributed by atoms with Crippen LogP contribution in [-0.2, 0) is 20.8 Å². The summed E-state index contributed by atoms with van der Waals surface area (Å²) in [5, 5.41) is 2.19. The van der Waals surface area contributed by atoms with E-state index in [0.29, 0.717) is 24.2 Å². The highest BCUT2D eigenvalue weighted by Crippen LogP contribution is 2.45. The summed E-state index contributed by atoms with van der Waals surface area (Å²) in [6.07, 6.45) is 4.10. The van der Waals surface area contributed by atoms with Crippen LogP contribution in [0.25, 0.3) is 0 Å². The SMILES string of the molecule is CCC1(CC)CC(N2C(=O)C(C)=C(C)C2=O)CC(C)(C)N1OCCc1ccccc1. The van der Waals surface area contributed by atoms with E-state index in [-0.39, 0.29) is 28.9 Å². The zero-order valence-electron chi connectivity index (χ0n) is 19.3. The van der Waals surface area contributed by atoms with Crippen LogP contribution < -0.4 is 0 Å². The quantitative estimate of drug-likeness (QED) is 0.611. The van der Waals surface area contributed by atoms with Gasteiger partial charge in [0.15, 0.2) is 0 Å². The molecule has 3 rings (SSSR count). The fraction of sp³-hybridized carbons (Fsp3) is 0.600. The van der Waals surface area contributed by atoms with Gasteiger partial charge < -0.3 is 0 Å². The minimum Gasteiger partial charge on any atom is -0.298 e. The van der Waals surface area contributed by atoms with E-state index in [2.05, 4.69) is 57.0 Å². The van der Waals surface area contributed by atoms with Crippen LogP contribution >= 0.6 is 0 Å². The predicted molar refractivity (Wildman–Crippen MR) is 119 cm³/mol. The molecular formula is C25H36N2O3. The van der Waals surface area contributed by atoms with Crippen molar-refractivity contribution in [2.45, 2.75) is 90.8 Å². The van der Waals surface area contributed by atoms with Gasteiger partial charge in [-0.3, -0.25) is 19.3 Å². The number of nitrogens with zero attached hydrogens (tertiary/aromatic N) is 2. The van der Waals surface area contributed by atoms with Crippen LogP contribution in [0.2, 0.25) is 0 Å². The summed E-state index contributed by atoms with van der Waals surface area (Å²) in [7, 11) is 0. The Labute approximate surface area is 181 Å². The Kier molecular flexibility index (Phi) is 6.54. The highest BCUT2D eigenvalue weighted by atomic mass is 16.7. The molecule has 0 saturated carbocycles. The minimum atomic E-state index is -0.295. The number of benzene rings is 1. The summed E-state index contributed by atoms with van der Waals surface area (Å²) in [6.45, 7) is 12.8. The predicted octanol–water partition coefficient (Wildman–Crippen LogP) is 4.67. The van der Waals surface area contributed by atoms with E-state index < -0.39 is 0 Å². The fourth-order valence-electron chi connectivity index (χ4n) is 5.22. The molecule has 2 aliphatic rings. The second kappa shape index (κ2) is 8.64. The van der Waals surface area contributed by atoms with E-state index in [9.17, 15) is 9.59 Å². The third-order valence-electron chi connectivity index (χ3n) is 7.11. The summed E-state index contributed by atoms with van der Waals surface area (Å²) < 4.78 is 0. The molecule has 5 nitrogen and oxygen atoms in total. The summed E-state index contributed by atoms with van der Waals surface area (Å²) in [5.41, 5.74) is 1.91. The van der Waals surface area contributed by atoms with Crippen molar-refractivity contribution in [1.29, 1.82) is 0 Å². The number of carbonyl (C=O) groups excluding carboxylic acids is 2. The highest BCUT2D eigenvalue weighted by molar-refractivity contribution is 6.19. The summed E-state index contributed by atoms with van der Waals surface area (Å²) in [5.74, 6) is -0.254. The minimum absolute atomic E-state index is 0.110. The summed E-state index contributed by atoms with van der Waals surface area (Å²) >= 11 is 0. The fourth-order valence-corrected chi connectivity index (χ4v) is 5.22. The van der Waals surface area contributed by atoms with Crippen molar-refractivity contribution in [3.05, 3.63) is 47.0 Å². The number of hydrogen-bond acceptors (Lipinski definition) is 4. The second-order valence-corrected chi connectivity index (χ2v) is 9.40. The number of piperidine rings is 1. The highest BCUT2D eigenvalue weighted by Gasteiger charge is 2.53. The first-order valence-electron chi connectivity index (χ1n) is 11.2. The van der Waals surface area contributed by atoms with E-state index in [4.69, 9.17) is 4.84 Å². The summed E-state index contributed by atoms with van der Waals surface area (Å²) in [6, 6.07) is 10.3. The Balaban J connectivity index is 1.81. The normalized spacial score (nSPS) is 24.1. The number of imide groups is 1. The lowest BCUT2D eigenvalue weighted by molar-refractivity contribution is -0.296. The van der Waals surface area contributed by atoms with Gasteiger partial charge in [-0.2, -0.15) is 5.06 Å². The largest absolute Gasteiger partial charge is 0.298 e. The molecule has 2 heterocycles. The molecule has 1 aromatic carbocycles. The van der Waals surface area contributed by atoms with Gasteiger partial charge >= 0.3 is 0 Å². The molecule has 0 radical (unpaired) electrons. The van der Waals surface area contributed by atoms with Crippen molar-refractivity contribution in [3.8, 4) is 0 Å². The Hall–Kier alpha value is -1.98. The van der Waals surface area contributed by atoms with E-state index in [1.54, 1.807) is 13.8 Å². The first-order valence-corrected chi connectivity index (χ1v) is 11.2. The Morgan fingerprint density at radius 1 is 0.967 bits per heavy atom. The Bertz CT molecular complexity index is 800.